The topological polar surface area (TPSA) is 70.1 Å². The molecule has 0 spiro atoms. The minimum absolute atomic E-state index is 0.0182. The number of halogens is 2. The van der Waals surface area contributed by atoms with Crippen LogP contribution in [-0.4, -0.2) is 16.2 Å². The van der Waals surface area contributed by atoms with Crippen molar-refractivity contribution in [3.8, 4) is 11.4 Å². The average molecular weight is 303 g/mol. The molecule has 0 fully saturated rings. The van der Waals surface area contributed by atoms with E-state index in [0.717, 1.165) is 0 Å². The Balaban J connectivity index is 2.16. The smallest absolute Gasteiger partial charge is 0.387 e. The van der Waals surface area contributed by atoms with Crippen LogP contribution >= 0.6 is 0 Å². The summed E-state index contributed by atoms with van der Waals surface area (Å²) in [5, 5.41) is 0. The van der Waals surface area contributed by atoms with Gasteiger partial charge in [0.05, 0.1) is 11.2 Å². The van der Waals surface area contributed by atoms with Crippen molar-refractivity contribution in [1.29, 1.82) is 0 Å². The summed E-state index contributed by atoms with van der Waals surface area (Å²) in [6.07, 6.45) is 1.58. The maximum absolute atomic E-state index is 12.2. The van der Waals surface area contributed by atoms with Gasteiger partial charge in [0.15, 0.2) is 0 Å². The molecule has 0 aliphatic carbocycles. The third-order valence-corrected chi connectivity index (χ3v) is 3.12. The van der Waals surface area contributed by atoms with Crippen LogP contribution in [0.25, 0.3) is 16.7 Å². The maximum atomic E-state index is 12.2. The molecule has 0 radical (unpaired) electrons. The summed E-state index contributed by atoms with van der Waals surface area (Å²) < 4.78 is 30.0. The Morgan fingerprint density at radius 1 is 1.18 bits per heavy atom. The van der Waals surface area contributed by atoms with E-state index in [0.29, 0.717) is 16.7 Å². The number of rotatable bonds is 3. The first-order valence-electron chi connectivity index (χ1n) is 6.38. The van der Waals surface area contributed by atoms with E-state index >= 15 is 0 Å². The summed E-state index contributed by atoms with van der Waals surface area (Å²) in [6, 6.07) is 10.4. The molecule has 0 aliphatic rings. The molecule has 1 aromatic carbocycles. The van der Waals surface area contributed by atoms with E-state index < -0.39 is 6.61 Å². The second-order valence-corrected chi connectivity index (χ2v) is 4.52. The number of fused-ring (bicyclic) bond motifs is 1. The number of hydrogen-bond donors (Lipinski definition) is 1. The van der Waals surface area contributed by atoms with E-state index in [1.54, 1.807) is 18.3 Å². The van der Waals surface area contributed by atoms with Gasteiger partial charge in [-0.2, -0.15) is 8.78 Å². The molecule has 22 heavy (non-hydrogen) atoms. The minimum Gasteiger partial charge on any atom is -0.435 e. The van der Waals surface area contributed by atoms with Gasteiger partial charge in [-0.05, 0) is 36.4 Å². The Kier molecular flexibility index (Phi) is 3.46. The van der Waals surface area contributed by atoms with Crippen molar-refractivity contribution in [1.82, 2.24) is 9.55 Å². The highest BCUT2D eigenvalue weighted by molar-refractivity contribution is 5.87. The summed E-state index contributed by atoms with van der Waals surface area (Å²) in [7, 11) is 0. The van der Waals surface area contributed by atoms with Crippen LogP contribution in [0.1, 0.15) is 0 Å². The molecule has 3 aromatic rings. The number of alkyl halides is 2. The summed E-state index contributed by atoms with van der Waals surface area (Å²) in [5.41, 5.74) is 7.29. The van der Waals surface area contributed by atoms with E-state index in [9.17, 15) is 13.6 Å². The van der Waals surface area contributed by atoms with Crippen LogP contribution in [0.3, 0.4) is 0 Å². The lowest BCUT2D eigenvalue weighted by molar-refractivity contribution is -0.0498. The van der Waals surface area contributed by atoms with Gasteiger partial charge in [-0.1, -0.05) is 0 Å². The number of aromatic nitrogens is 2. The maximum Gasteiger partial charge on any atom is 0.387 e. The summed E-state index contributed by atoms with van der Waals surface area (Å²) in [6.45, 7) is -2.89. The lowest BCUT2D eigenvalue weighted by Crippen LogP contribution is -2.19. The molecular weight excluding hydrogens is 292 g/mol. The van der Waals surface area contributed by atoms with Crippen molar-refractivity contribution in [2.24, 2.45) is 0 Å². The second kappa shape index (κ2) is 5.44. The lowest BCUT2D eigenvalue weighted by atomic mass is 10.2. The molecular formula is C15H11F2N3O2. The van der Waals surface area contributed by atoms with Gasteiger partial charge in [-0.15, -0.1) is 0 Å². The van der Waals surface area contributed by atoms with Crippen LogP contribution in [0.2, 0.25) is 0 Å². The predicted molar refractivity (Wildman–Crippen MR) is 78.4 cm³/mol. The van der Waals surface area contributed by atoms with Gasteiger partial charge in [0, 0.05) is 18.0 Å². The zero-order valence-corrected chi connectivity index (χ0v) is 11.2. The Morgan fingerprint density at radius 2 is 1.91 bits per heavy atom. The highest BCUT2D eigenvalue weighted by Gasteiger charge is 2.10. The number of nitrogen functional groups attached to an aromatic ring is 1. The van der Waals surface area contributed by atoms with Crippen LogP contribution in [0.15, 0.2) is 53.5 Å². The van der Waals surface area contributed by atoms with Crippen LogP contribution < -0.4 is 16.0 Å². The van der Waals surface area contributed by atoms with E-state index in [2.05, 4.69) is 9.72 Å². The summed E-state index contributed by atoms with van der Waals surface area (Å²) in [4.78, 5) is 16.4. The quantitative estimate of drug-likeness (QED) is 0.807. The number of ether oxygens (including phenoxy) is 1. The molecule has 3 rings (SSSR count). The number of nitrogens with zero attached hydrogens (tertiary/aromatic N) is 2. The van der Waals surface area contributed by atoms with Gasteiger partial charge in [-0.3, -0.25) is 14.3 Å². The first kappa shape index (κ1) is 14.0. The standard InChI is InChI=1S/C15H11F2N3O2/c16-15(17)22-10-5-3-9(4-6-10)20-12-2-1-7-19-14(12)11(18)8-13(20)21/h1-8,15H,18H2. The first-order chi connectivity index (χ1) is 10.6. The molecule has 0 saturated carbocycles. The summed E-state index contributed by atoms with van der Waals surface area (Å²) >= 11 is 0. The number of anilines is 1. The lowest BCUT2D eigenvalue weighted by Gasteiger charge is -2.12. The normalized spacial score (nSPS) is 11.0. The van der Waals surface area contributed by atoms with E-state index in [4.69, 9.17) is 5.73 Å². The van der Waals surface area contributed by atoms with Crippen molar-refractivity contribution in [3.05, 3.63) is 59.0 Å². The molecule has 2 N–H and O–H groups in total. The van der Waals surface area contributed by atoms with Crippen molar-refractivity contribution in [2.75, 3.05) is 5.73 Å². The van der Waals surface area contributed by atoms with Gasteiger partial charge in [0.25, 0.3) is 5.56 Å². The number of nitrogens with two attached hydrogens (primary N) is 1. The zero-order chi connectivity index (χ0) is 15.7. The summed E-state index contributed by atoms with van der Waals surface area (Å²) in [5.74, 6) is 0.0182. The Morgan fingerprint density at radius 3 is 2.59 bits per heavy atom. The third kappa shape index (κ3) is 2.48. The fraction of sp³-hybridized carbons (Fsp3) is 0.0667. The van der Waals surface area contributed by atoms with E-state index in [-0.39, 0.29) is 17.0 Å². The molecule has 0 bridgehead atoms. The Labute approximate surface area is 123 Å². The number of pyridine rings is 2. The van der Waals surface area contributed by atoms with Crippen molar-refractivity contribution >= 4 is 16.7 Å². The van der Waals surface area contributed by atoms with Gasteiger partial charge in [0.2, 0.25) is 0 Å². The Bertz CT molecular complexity index is 876. The third-order valence-electron chi connectivity index (χ3n) is 3.12. The monoisotopic (exact) mass is 303 g/mol. The fourth-order valence-electron chi connectivity index (χ4n) is 2.23. The predicted octanol–water partition coefficient (Wildman–Crippen LogP) is 2.57. The van der Waals surface area contributed by atoms with Gasteiger partial charge >= 0.3 is 6.61 Å². The molecule has 5 nitrogen and oxygen atoms in total. The van der Waals surface area contributed by atoms with Crippen LogP contribution in [0.5, 0.6) is 5.75 Å². The molecule has 0 unspecified atom stereocenters. The number of hydrogen-bond acceptors (Lipinski definition) is 4. The highest BCUT2D eigenvalue weighted by atomic mass is 19.3. The van der Waals surface area contributed by atoms with Gasteiger partial charge < -0.3 is 10.5 Å². The Hall–Kier alpha value is -2.96. The number of benzene rings is 1. The molecule has 0 atom stereocenters. The van der Waals surface area contributed by atoms with Crippen molar-refractivity contribution in [2.45, 2.75) is 6.61 Å². The molecule has 0 amide bonds. The average Bonchev–Trinajstić information content (AvgIpc) is 2.48. The molecule has 0 saturated heterocycles. The molecule has 0 aliphatic heterocycles. The molecule has 2 aromatic heterocycles. The second-order valence-electron chi connectivity index (χ2n) is 4.52. The van der Waals surface area contributed by atoms with Crippen LogP contribution in [0, 0.1) is 0 Å². The molecule has 7 heteroatoms. The molecule has 2 heterocycles. The van der Waals surface area contributed by atoms with E-state index in [1.165, 1.54) is 34.9 Å². The molecule has 112 valence electrons. The van der Waals surface area contributed by atoms with Gasteiger partial charge in [0.1, 0.15) is 11.3 Å². The fourth-order valence-corrected chi connectivity index (χ4v) is 2.23. The zero-order valence-electron chi connectivity index (χ0n) is 11.2. The highest BCUT2D eigenvalue weighted by Crippen LogP contribution is 2.21. The van der Waals surface area contributed by atoms with Crippen molar-refractivity contribution < 1.29 is 13.5 Å². The van der Waals surface area contributed by atoms with E-state index in [1.807, 2.05) is 0 Å². The van der Waals surface area contributed by atoms with Crippen LogP contribution in [-0.2, 0) is 0 Å². The SMILES string of the molecule is Nc1cc(=O)n(-c2ccc(OC(F)F)cc2)c2cccnc12. The minimum atomic E-state index is -2.89. The van der Waals surface area contributed by atoms with Crippen LogP contribution in [0.4, 0.5) is 14.5 Å². The first-order valence-corrected chi connectivity index (χ1v) is 6.38. The van der Waals surface area contributed by atoms with Gasteiger partial charge in [-0.25, -0.2) is 0 Å². The van der Waals surface area contributed by atoms with Crippen molar-refractivity contribution in [3.63, 3.8) is 0 Å². The largest absolute Gasteiger partial charge is 0.435 e.